The van der Waals surface area contributed by atoms with E-state index in [-0.39, 0.29) is 5.82 Å². The molecule has 0 spiro atoms. The van der Waals surface area contributed by atoms with E-state index in [1.54, 1.807) is 19.2 Å². The standard InChI is InChI=1S/C19H17FN4O2S/c1-25-11-10-24-16-5-3-2-4-15(16)21-19(24)27-12-17-22-18(23-26-17)13-6-8-14(20)9-7-13/h2-9H,10-12H2,1H3. The summed E-state index contributed by atoms with van der Waals surface area (Å²) in [4.78, 5) is 9.08. The second-order valence-electron chi connectivity index (χ2n) is 5.83. The molecule has 27 heavy (non-hydrogen) atoms. The molecule has 0 saturated carbocycles. The van der Waals surface area contributed by atoms with E-state index in [0.29, 0.717) is 36.2 Å². The number of methoxy groups -OCH3 is 1. The number of hydrogen-bond acceptors (Lipinski definition) is 6. The number of nitrogens with zero attached hydrogens (tertiary/aromatic N) is 4. The third kappa shape index (κ3) is 3.86. The topological polar surface area (TPSA) is 66.0 Å². The van der Waals surface area contributed by atoms with Crippen molar-refractivity contribution in [1.82, 2.24) is 19.7 Å². The highest BCUT2D eigenvalue weighted by Gasteiger charge is 2.14. The van der Waals surface area contributed by atoms with Gasteiger partial charge in [0.15, 0.2) is 5.16 Å². The van der Waals surface area contributed by atoms with E-state index < -0.39 is 0 Å². The van der Waals surface area contributed by atoms with Crippen molar-refractivity contribution in [2.75, 3.05) is 13.7 Å². The van der Waals surface area contributed by atoms with Crippen LogP contribution < -0.4 is 0 Å². The van der Waals surface area contributed by atoms with Gasteiger partial charge in [-0.3, -0.25) is 0 Å². The van der Waals surface area contributed by atoms with Gasteiger partial charge in [0.25, 0.3) is 0 Å². The van der Waals surface area contributed by atoms with Crippen LogP contribution in [0, 0.1) is 5.82 Å². The van der Waals surface area contributed by atoms with Crippen LogP contribution in [0.25, 0.3) is 22.4 Å². The molecule has 0 radical (unpaired) electrons. The fraction of sp³-hybridized carbons (Fsp3) is 0.211. The summed E-state index contributed by atoms with van der Waals surface area (Å²) in [5.41, 5.74) is 2.71. The molecule has 2 aromatic carbocycles. The van der Waals surface area contributed by atoms with Crippen LogP contribution in [0.3, 0.4) is 0 Å². The van der Waals surface area contributed by atoms with Gasteiger partial charge in [-0.1, -0.05) is 29.1 Å². The fourth-order valence-corrected chi connectivity index (χ4v) is 3.60. The average Bonchev–Trinajstić information content (AvgIpc) is 3.30. The zero-order chi connectivity index (χ0) is 18.6. The van der Waals surface area contributed by atoms with Crippen molar-refractivity contribution in [3.05, 3.63) is 60.2 Å². The molecule has 0 aliphatic rings. The van der Waals surface area contributed by atoms with Gasteiger partial charge in [-0.15, -0.1) is 0 Å². The van der Waals surface area contributed by atoms with Crippen molar-refractivity contribution < 1.29 is 13.7 Å². The number of rotatable bonds is 7. The molecule has 2 aromatic heterocycles. The zero-order valence-corrected chi connectivity index (χ0v) is 15.4. The molecule has 0 aliphatic heterocycles. The van der Waals surface area contributed by atoms with Gasteiger partial charge < -0.3 is 13.8 Å². The van der Waals surface area contributed by atoms with Crippen LogP contribution in [0.1, 0.15) is 5.89 Å². The van der Waals surface area contributed by atoms with Crippen molar-refractivity contribution in [2.24, 2.45) is 0 Å². The van der Waals surface area contributed by atoms with E-state index in [2.05, 4.69) is 14.7 Å². The minimum Gasteiger partial charge on any atom is -0.383 e. The van der Waals surface area contributed by atoms with Crippen LogP contribution in [0.5, 0.6) is 0 Å². The number of benzene rings is 2. The minimum absolute atomic E-state index is 0.298. The molecule has 0 saturated heterocycles. The molecule has 138 valence electrons. The monoisotopic (exact) mass is 384 g/mol. The number of ether oxygens (including phenoxy) is 1. The summed E-state index contributed by atoms with van der Waals surface area (Å²) in [6, 6.07) is 14.0. The zero-order valence-electron chi connectivity index (χ0n) is 14.6. The molecule has 2 heterocycles. The van der Waals surface area contributed by atoms with Gasteiger partial charge >= 0.3 is 0 Å². The Labute approximate surface area is 159 Å². The maximum atomic E-state index is 13.0. The molecular formula is C19H17FN4O2S. The molecule has 0 fully saturated rings. The third-order valence-electron chi connectivity index (χ3n) is 4.03. The van der Waals surface area contributed by atoms with Gasteiger partial charge in [0.2, 0.25) is 11.7 Å². The molecule has 8 heteroatoms. The van der Waals surface area contributed by atoms with E-state index in [9.17, 15) is 4.39 Å². The highest BCUT2D eigenvalue weighted by Crippen LogP contribution is 2.27. The van der Waals surface area contributed by atoms with Crippen molar-refractivity contribution >= 4 is 22.8 Å². The highest BCUT2D eigenvalue weighted by atomic mass is 32.2. The Balaban J connectivity index is 1.52. The first kappa shape index (κ1) is 17.7. The minimum atomic E-state index is -0.298. The van der Waals surface area contributed by atoms with Crippen molar-refractivity contribution in [3.8, 4) is 11.4 Å². The first-order chi connectivity index (χ1) is 13.2. The van der Waals surface area contributed by atoms with Gasteiger partial charge in [-0.2, -0.15) is 4.98 Å². The lowest BCUT2D eigenvalue weighted by Crippen LogP contribution is -2.05. The van der Waals surface area contributed by atoms with Crippen molar-refractivity contribution in [2.45, 2.75) is 17.5 Å². The Hall–Kier alpha value is -2.71. The summed E-state index contributed by atoms with van der Waals surface area (Å²) in [5, 5.41) is 4.84. The average molecular weight is 384 g/mol. The molecule has 4 aromatic rings. The molecule has 0 atom stereocenters. The summed E-state index contributed by atoms with van der Waals surface area (Å²) in [6.07, 6.45) is 0. The fourth-order valence-electron chi connectivity index (χ4n) is 2.72. The first-order valence-electron chi connectivity index (χ1n) is 8.40. The molecule has 0 bridgehead atoms. The van der Waals surface area contributed by atoms with E-state index in [0.717, 1.165) is 16.2 Å². The third-order valence-corrected chi connectivity index (χ3v) is 4.99. The SMILES string of the molecule is COCCn1c(SCc2nc(-c3ccc(F)cc3)no2)nc2ccccc21. The van der Waals surface area contributed by atoms with Crippen LogP contribution in [0.4, 0.5) is 4.39 Å². The predicted molar refractivity (Wildman–Crippen MR) is 101 cm³/mol. The Bertz CT molecular complexity index is 1050. The number of fused-ring (bicyclic) bond motifs is 1. The number of imidazole rings is 1. The van der Waals surface area contributed by atoms with Crippen LogP contribution in [-0.2, 0) is 17.0 Å². The quantitative estimate of drug-likeness (QED) is 0.446. The Morgan fingerprint density at radius 2 is 1.93 bits per heavy atom. The Morgan fingerprint density at radius 3 is 2.74 bits per heavy atom. The number of halogens is 1. The van der Waals surface area contributed by atoms with E-state index in [4.69, 9.17) is 14.2 Å². The summed E-state index contributed by atoms with van der Waals surface area (Å²) in [5.74, 6) is 1.13. The molecule has 0 aliphatic carbocycles. The molecule has 6 nitrogen and oxygen atoms in total. The van der Waals surface area contributed by atoms with Crippen LogP contribution in [-0.4, -0.2) is 33.4 Å². The van der Waals surface area contributed by atoms with Crippen molar-refractivity contribution in [1.29, 1.82) is 0 Å². The maximum absolute atomic E-state index is 13.0. The molecule has 0 N–H and O–H groups in total. The summed E-state index contributed by atoms with van der Waals surface area (Å²) >= 11 is 1.53. The smallest absolute Gasteiger partial charge is 0.237 e. The van der Waals surface area contributed by atoms with Crippen molar-refractivity contribution in [3.63, 3.8) is 0 Å². The van der Waals surface area contributed by atoms with E-state index in [1.807, 2.05) is 24.3 Å². The van der Waals surface area contributed by atoms with Crippen LogP contribution >= 0.6 is 11.8 Å². The normalized spacial score (nSPS) is 11.3. The number of hydrogen-bond donors (Lipinski definition) is 0. The second kappa shape index (κ2) is 7.89. The summed E-state index contributed by atoms with van der Waals surface area (Å²) < 4.78 is 25.7. The molecular weight excluding hydrogens is 367 g/mol. The highest BCUT2D eigenvalue weighted by molar-refractivity contribution is 7.98. The lowest BCUT2D eigenvalue weighted by atomic mass is 10.2. The Morgan fingerprint density at radius 1 is 1.11 bits per heavy atom. The van der Waals surface area contributed by atoms with E-state index >= 15 is 0 Å². The van der Waals surface area contributed by atoms with Crippen LogP contribution in [0.15, 0.2) is 58.2 Å². The first-order valence-corrected chi connectivity index (χ1v) is 9.38. The lowest BCUT2D eigenvalue weighted by molar-refractivity contribution is 0.186. The molecule has 4 rings (SSSR count). The predicted octanol–water partition coefficient (Wildman–Crippen LogP) is 4.16. The van der Waals surface area contributed by atoms with Gasteiger partial charge in [0, 0.05) is 19.2 Å². The van der Waals surface area contributed by atoms with E-state index in [1.165, 1.54) is 23.9 Å². The second-order valence-corrected chi connectivity index (χ2v) is 6.78. The number of para-hydroxylation sites is 2. The molecule has 0 unspecified atom stereocenters. The molecule has 0 amide bonds. The number of thioether (sulfide) groups is 1. The Kier molecular flexibility index (Phi) is 5.17. The lowest BCUT2D eigenvalue weighted by Gasteiger charge is -2.07. The number of aromatic nitrogens is 4. The van der Waals surface area contributed by atoms with Gasteiger partial charge in [0.05, 0.1) is 23.4 Å². The van der Waals surface area contributed by atoms with Gasteiger partial charge in [-0.05, 0) is 36.4 Å². The largest absolute Gasteiger partial charge is 0.383 e. The van der Waals surface area contributed by atoms with Gasteiger partial charge in [0.1, 0.15) is 5.82 Å². The maximum Gasteiger partial charge on any atom is 0.237 e. The van der Waals surface area contributed by atoms with Gasteiger partial charge in [-0.25, -0.2) is 9.37 Å². The summed E-state index contributed by atoms with van der Waals surface area (Å²) in [6.45, 7) is 1.31. The summed E-state index contributed by atoms with van der Waals surface area (Å²) in [7, 11) is 1.68. The van der Waals surface area contributed by atoms with Crippen LogP contribution in [0.2, 0.25) is 0 Å².